The summed E-state index contributed by atoms with van der Waals surface area (Å²) in [5, 5.41) is 0. The zero-order valence-corrected chi connectivity index (χ0v) is 13.3. The number of hydrogen-bond acceptors (Lipinski definition) is 1. The van der Waals surface area contributed by atoms with E-state index >= 15 is 0 Å². The van der Waals surface area contributed by atoms with Crippen molar-refractivity contribution in [3.05, 3.63) is 39.9 Å². The number of aromatic amines is 1. The van der Waals surface area contributed by atoms with Crippen molar-refractivity contribution in [2.75, 3.05) is 0 Å². The number of rotatable bonds is 2. The minimum absolute atomic E-state index is 0. The van der Waals surface area contributed by atoms with Gasteiger partial charge in [0.15, 0.2) is 0 Å². The molecule has 0 spiro atoms. The first-order chi connectivity index (χ1) is 6.65. The zero-order valence-electron chi connectivity index (χ0n) is 10.1. The summed E-state index contributed by atoms with van der Waals surface area (Å²) in [6.45, 7) is 7.23. The molecule has 1 aromatic rings. The normalized spacial score (nSPS) is 8.33. The van der Waals surface area contributed by atoms with E-state index in [1.165, 1.54) is 6.92 Å². The average molecular weight is 237 g/mol. The second-order valence-electron chi connectivity index (χ2n) is 2.64. The fourth-order valence-electron chi connectivity index (χ4n) is 0.989. The Labute approximate surface area is 133 Å². The summed E-state index contributed by atoms with van der Waals surface area (Å²) in [5.41, 5.74) is 0.697. The molecule has 0 radical (unpaired) electrons. The first-order valence-corrected chi connectivity index (χ1v) is 4.86. The molecule has 1 N–H and O–H groups in total. The second kappa shape index (κ2) is 9.60. The Morgan fingerprint density at radius 1 is 1.47 bits per heavy atom. The molecule has 0 aliphatic heterocycles. The van der Waals surface area contributed by atoms with Gasteiger partial charge in [0.05, 0.1) is 0 Å². The van der Waals surface area contributed by atoms with Gasteiger partial charge < -0.3 is 9.78 Å². The Morgan fingerprint density at radius 2 is 2.00 bits per heavy atom. The van der Waals surface area contributed by atoms with Crippen molar-refractivity contribution in [2.24, 2.45) is 0 Å². The maximum absolute atomic E-state index is 12.7. The Balaban J connectivity index is 0. The van der Waals surface area contributed by atoms with Crippen molar-refractivity contribution in [3.8, 4) is 0 Å². The number of hydrogen-bond donors (Lipinski definition) is 1. The third-order valence-electron chi connectivity index (χ3n) is 1.74. The molecular weight excluding hydrogens is 220 g/mol. The maximum Gasteiger partial charge on any atom is 1.00 e. The zero-order chi connectivity index (χ0) is 11.1. The molecule has 15 heavy (non-hydrogen) atoms. The van der Waals surface area contributed by atoms with Crippen LogP contribution in [0.15, 0.2) is 17.1 Å². The van der Waals surface area contributed by atoms with Gasteiger partial charge in [-0.3, -0.25) is 4.39 Å². The van der Waals surface area contributed by atoms with Crippen molar-refractivity contribution in [1.82, 2.24) is 4.98 Å². The van der Waals surface area contributed by atoms with Crippen molar-refractivity contribution in [3.63, 3.8) is 0 Å². The standard InChI is InChI=1S/C9H11FNO.C2H6.K/c1-3-7-4-8(6(2)10)9(12)11-5-7;1-2;/h4-5H,3H2,1-2H3,(H,11,12);1-2H3;/q-1;;+1. The Bertz CT molecular complexity index is 323. The van der Waals surface area contributed by atoms with Crippen LogP contribution >= 0.6 is 0 Å². The molecule has 0 atom stereocenters. The summed E-state index contributed by atoms with van der Waals surface area (Å²) in [5.74, 6) is 0. The van der Waals surface area contributed by atoms with E-state index in [0.29, 0.717) is 0 Å². The SMILES string of the molecule is CC.CCc1c[nH]c(=O)c([C-](C)F)c1.[K+]. The molecule has 0 unspecified atom stereocenters. The monoisotopic (exact) mass is 237 g/mol. The van der Waals surface area contributed by atoms with Crippen LogP contribution in [0.1, 0.15) is 38.8 Å². The second-order valence-corrected chi connectivity index (χ2v) is 2.64. The van der Waals surface area contributed by atoms with Crippen LogP contribution in [-0.2, 0) is 6.42 Å². The molecule has 0 bridgehead atoms. The summed E-state index contributed by atoms with van der Waals surface area (Å²) in [6.07, 6.45) is 1.96. The molecule has 0 fully saturated rings. The molecule has 0 saturated heterocycles. The minimum atomic E-state index is -0.438. The Hall–Kier alpha value is 0.386. The predicted octanol–water partition coefficient (Wildman–Crippen LogP) is -0.163. The van der Waals surface area contributed by atoms with Gasteiger partial charge in [-0.1, -0.05) is 38.8 Å². The van der Waals surface area contributed by atoms with Crippen molar-refractivity contribution >= 4 is 0 Å². The minimum Gasteiger partial charge on any atom is -0.382 e. The molecule has 4 heteroatoms. The molecule has 0 aromatic carbocycles. The largest absolute Gasteiger partial charge is 1.00 e. The number of nitrogens with one attached hydrogen (secondary N) is 1. The molecule has 1 heterocycles. The summed E-state index contributed by atoms with van der Waals surface area (Å²) in [6, 6.07) is 1.58. The van der Waals surface area contributed by atoms with Crippen LogP contribution in [0.3, 0.4) is 0 Å². The van der Waals surface area contributed by atoms with Gasteiger partial charge in [-0.05, 0) is 18.8 Å². The number of pyridine rings is 1. The fraction of sp³-hybridized carbons (Fsp3) is 0.455. The van der Waals surface area contributed by atoms with E-state index in [1.54, 1.807) is 12.3 Å². The van der Waals surface area contributed by atoms with E-state index < -0.39 is 6.17 Å². The van der Waals surface area contributed by atoms with Gasteiger partial charge in [0.1, 0.15) is 5.56 Å². The molecule has 1 aromatic heterocycles. The van der Waals surface area contributed by atoms with Crippen LogP contribution in [-0.4, -0.2) is 4.98 Å². The van der Waals surface area contributed by atoms with E-state index in [-0.39, 0.29) is 62.5 Å². The van der Waals surface area contributed by atoms with Gasteiger partial charge in [0.25, 0.3) is 0 Å². The van der Waals surface area contributed by atoms with Crippen LogP contribution in [0.5, 0.6) is 0 Å². The number of H-pyrrole nitrogens is 1. The van der Waals surface area contributed by atoms with E-state index in [2.05, 4.69) is 4.98 Å². The topological polar surface area (TPSA) is 32.9 Å². The van der Waals surface area contributed by atoms with Crippen molar-refractivity contribution in [1.29, 1.82) is 0 Å². The van der Waals surface area contributed by atoms with Crippen LogP contribution in [0.2, 0.25) is 0 Å². The van der Waals surface area contributed by atoms with Crippen LogP contribution in [0, 0.1) is 6.17 Å². The van der Waals surface area contributed by atoms with Gasteiger partial charge in [-0.25, -0.2) is 0 Å². The smallest absolute Gasteiger partial charge is 0.382 e. The quantitative estimate of drug-likeness (QED) is 0.562. The number of aryl methyl sites for hydroxylation is 1. The van der Waals surface area contributed by atoms with Crippen LogP contribution in [0.25, 0.3) is 0 Å². The van der Waals surface area contributed by atoms with Crippen LogP contribution in [0.4, 0.5) is 4.39 Å². The summed E-state index contributed by atoms with van der Waals surface area (Å²) >= 11 is 0. The van der Waals surface area contributed by atoms with Crippen LogP contribution < -0.4 is 56.9 Å². The molecule has 0 aliphatic rings. The van der Waals surface area contributed by atoms with Gasteiger partial charge in [0.2, 0.25) is 0 Å². The van der Waals surface area contributed by atoms with Gasteiger partial charge in [0, 0.05) is 0 Å². The summed E-state index contributed by atoms with van der Waals surface area (Å²) in [4.78, 5) is 13.5. The van der Waals surface area contributed by atoms with E-state index in [0.717, 1.165) is 12.0 Å². The third-order valence-corrected chi connectivity index (χ3v) is 1.74. The molecule has 0 aliphatic carbocycles. The van der Waals surface area contributed by atoms with Crippen molar-refractivity contribution < 1.29 is 55.8 Å². The van der Waals surface area contributed by atoms with Gasteiger partial charge in [-0.15, -0.1) is 0 Å². The maximum atomic E-state index is 12.7. The fourth-order valence-corrected chi connectivity index (χ4v) is 0.989. The van der Waals surface area contributed by atoms with E-state index in [1.807, 2.05) is 20.8 Å². The molecule has 1 rings (SSSR count). The molecule has 0 saturated carbocycles. The molecule has 0 amide bonds. The summed E-state index contributed by atoms with van der Waals surface area (Å²) in [7, 11) is 0. The molecular formula is C11H17FKNO. The van der Waals surface area contributed by atoms with Crippen molar-refractivity contribution in [2.45, 2.75) is 34.1 Å². The Morgan fingerprint density at radius 3 is 2.40 bits per heavy atom. The van der Waals surface area contributed by atoms with E-state index in [9.17, 15) is 9.18 Å². The third kappa shape index (κ3) is 5.87. The Kier molecular flexibility index (Phi) is 11.4. The average Bonchev–Trinajstić information content (AvgIpc) is 2.21. The van der Waals surface area contributed by atoms with Gasteiger partial charge >= 0.3 is 51.4 Å². The number of halogens is 1. The molecule has 80 valence electrons. The molecule has 2 nitrogen and oxygen atoms in total. The van der Waals surface area contributed by atoms with E-state index in [4.69, 9.17) is 0 Å². The summed E-state index contributed by atoms with van der Waals surface area (Å²) < 4.78 is 12.7. The first kappa shape index (κ1) is 17.8. The van der Waals surface area contributed by atoms with Gasteiger partial charge in [-0.2, -0.15) is 6.07 Å². The first-order valence-electron chi connectivity index (χ1n) is 4.86. The predicted molar refractivity (Wildman–Crippen MR) is 56.9 cm³/mol. The number of aromatic nitrogens is 1.